The van der Waals surface area contributed by atoms with Crippen LogP contribution in [-0.2, 0) is 4.79 Å². The summed E-state index contributed by atoms with van der Waals surface area (Å²) >= 11 is 1.27. The second kappa shape index (κ2) is 9.40. The van der Waals surface area contributed by atoms with Gasteiger partial charge in [0, 0.05) is 11.3 Å². The molecule has 0 saturated carbocycles. The number of benzene rings is 3. The van der Waals surface area contributed by atoms with Gasteiger partial charge in [-0.1, -0.05) is 72.4 Å². The van der Waals surface area contributed by atoms with Gasteiger partial charge in [-0.3, -0.25) is 9.59 Å². The van der Waals surface area contributed by atoms with Gasteiger partial charge in [-0.15, -0.1) is 5.10 Å². The highest BCUT2D eigenvalue weighted by molar-refractivity contribution is 8.00. The summed E-state index contributed by atoms with van der Waals surface area (Å²) in [7, 11) is 0. The van der Waals surface area contributed by atoms with Crippen LogP contribution in [0.4, 0.5) is 5.69 Å². The molecule has 0 bridgehead atoms. The van der Waals surface area contributed by atoms with E-state index in [1.165, 1.54) is 18.7 Å². The molecule has 0 saturated heterocycles. The third kappa shape index (κ3) is 5.07. The SMILES string of the molecule is CC(=O)c1cccc(NC(=O)C(Sc2ncn(-c3ccccc3)n2)c2ccccc2)c1. The molecule has 154 valence electrons. The number of rotatable bonds is 7. The zero-order valence-corrected chi connectivity index (χ0v) is 17.6. The van der Waals surface area contributed by atoms with Gasteiger partial charge in [-0.25, -0.2) is 9.67 Å². The number of nitrogens with one attached hydrogen (secondary N) is 1. The molecule has 3 aromatic carbocycles. The Balaban J connectivity index is 1.58. The molecule has 1 atom stereocenters. The molecule has 1 N–H and O–H groups in total. The quantitative estimate of drug-likeness (QED) is 0.333. The van der Waals surface area contributed by atoms with E-state index in [9.17, 15) is 9.59 Å². The minimum atomic E-state index is -0.561. The number of ketones is 1. The van der Waals surface area contributed by atoms with Crippen molar-refractivity contribution in [2.75, 3.05) is 5.32 Å². The molecule has 0 radical (unpaired) electrons. The summed E-state index contributed by atoms with van der Waals surface area (Å²) in [5, 5.41) is 7.37. The van der Waals surface area contributed by atoms with E-state index in [-0.39, 0.29) is 11.7 Å². The molecule has 7 heteroatoms. The maximum absolute atomic E-state index is 13.2. The maximum Gasteiger partial charge on any atom is 0.242 e. The fourth-order valence-corrected chi connectivity index (χ4v) is 3.95. The Labute approximate surface area is 184 Å². The van der Waals surface area contributed by atoms with Crippen molar-refractivity contribution in [3.63, 3.8) is 0 Å². The smallest absolute Gasteiger partial charge is 0.242 e. The van der Waals surface area contributed by atoms with Gasteiger partial charge in [0.2, 0.25) is 11.1 Å². The van der Waals surface area contributed by atoms with Gasteiger partial charge in [-0.2, -0.15) is 0 Å². The molecule has 1 amide bonds. The molecule has 0 aliphatic heterocycles. The van der Waals surface area contributed by atoms with Crippen LogP contribution >= 0.6 is 11.8 Å². The maximum atomic E-state index is 13.2. The molecule has 0 aliphatic carbocycles. The van der Waals surface area contributed by atoms with Crippen molar-refractivity contribution in [1.29, 1.82) is 0 Å². The van der Waals surface area contributed by atoms with Gasteiger partial charge in [-0.05, 0) is 36.8 Å². The Morgan fingerprint density at radius 3 is 2.35 bits per heavy atom. The van der Waals surface area contributed by atoms with E-state index in [2.05, 4.69) is 15.4 Å². The van der Waals surface area contributed by atoms with Gasteiger partial charge in [0.05, 0.1) is 5.69 Å². The number of anilines is 1. The monoisotopic (exact) mass is 428 g/mol. The Hall–Kier alpha value is -3.71. The second-order valence-corrected chi connectivity index (χ2v) is 7.91. The summed E-state index contributed by atoms with van der Waals surface area (Å²) < 4.78 is 1.68. The van der Waals surface area contributed by atoms with E-state index >= 15 is 0 Å². The molecule has 1 unspecified atom stereocenters. The first-order chi connectivity index (χ1) is 15.1. The van der Waals surface area contributed by atoms with E-state index in [4.69, 9.17) is 0 Å². The zero-order chi connectivity index (χ0) is 21.6. The Morgan fingerprint density at radius 2 is 1.65 bits per heavy atom. The summed E-state index contributed by atoms with van der Waals surface area (Å²) in [4.78, 5) is 29.2. The predicted molar refractivity (Wildman–Crippen MR) is 121 cm³/mol. The molecule has 0 fully saturated rings. The van der Waals surface area contributed by atoms with Crippen LogP contribution in [0.1, 0.15) is 28.1 Å². The summed E-state index contributed by atoms with van der Waals surface area (Å²) in [5.41, 5.74) is 2.85. The first-order valence-corrected chi connectivity index (χ1v) is 10.6. The van der Waals surface area contributed by atoms with Crippen LogP contribution in [0.2, 0.25) is 0 Å². The van der Waals surface area contributed by atoms with Gasteiger partial charge in [0.15, 0.2) is 5.78 Å². The second-order valence-electron chi connectivity index (χ2n) is 6.84. The number of carbonyl (C=O) groups is 2. The number of aromatic nitrogens is 3. The number of nitrogens with zero attached hydrogens (tertiary/aromatic N) is 3. The van der Waals surface area contributed by atoms with Crippen molar-refractivity contribution in [3.8, 4) is 5.69 Å². The molecule has 4 aromatic rings. The molecule has 1 heterocycles. The zero-order valence-electron chi connectivity index (χ0n) is 16.8. The molecular weight excluding hydrogens is 408 g/mol. The van der Waals surface area contributed by atoms with Crippen LogP contribution in [-0.4, -0.2) is 26.5 Å². The minimum Gasteiger partial charge on any atom is -0.325 e. The van der Waals surface area contributed by atoms with E-state index in [0.717, 1.165) is 11.3 Å². The summed E-state index contributed by atoms with van der Waals surface area (Å²) in [5.74, 6) is -0.270. The van der Waals surface area contributed by atoms with Crippen LogP contribution in [0, 0.1) is 0 Å². The molecular formula is C24H20N4O2S. The van der Waals surface area contributed by atoms with E-state index in [1.807, 2.05) is 60.7 Å². The number of thioether (sulfide) groups is 1. The highest BCUT2D eigenvalue weighted by Gasteiger charge is 2.24. The lowest BCUT2D eigenvalue weighted by Crippen LogP contribution is -2.19. The fourth-order valence-electron chi connectivity index (χ4n) is 3.04. The molecule has 0 aliphatic rings. The van der Waals surface area contributed by atoms with Crippen molar-refractivity contribution in [1.82, 2.24) is 14.8 Å². The minimum absolute atomic E-state index is 0.0549. The standard InChI is InChI=1S/C24H20N4O2S/c1-17(29)19-11-8-12-20(15-19)26-23(30)22(18-9-4-2-5-10-18)31-24-25-16-28(27-24)21-13-6-3-7-14-21/h2-16,22H,1H3,(H,26,30). The largest absolute Gasteiger partial charge is 0.325 e. The topological polar surface area (TPSA) is 76.9 Å². The number of para-hydroxylation sites is 1. The van der Waals surface area contributed by atoms with Crippen molar-refractivity contribution < 1.29 is 9.59 Å². The normalized spacial score (nSPS) is 11.6. The van der Waals surface area contributed by atoms with E-state index < -0.39 is 5.25 Å². The lowest BCUT2D eigenvalue weighted by molar-refractivity contribution is -0.115. The number of carbonyl (C=O) groups excluding carboxylic acids is 2. The van der Waals surface area contributed by atoms with Crippen LogP contribution in [0.25, 0.3) is 5.69 Å². The first-order valence-electron chi connectivity index (χ1n) is 9.71. The van der Waals surface area contributed by atoms with Crippen molar-refractivity contribution >= 4 is 29.1 Å². The molecule has 4 rings (SSSR count). The molecule has 6 nitrogen and oxygen atoms in total. The average molecular weight is 429 g/mol. The number of amides is 1. The van der Waals surface area contributed by atoms with Crippen molar-refractivity contribution in [2.45, 2.75) is 17.3 Å². The number of Topliss-reactive ketones (excluding diaryl/α,β-unsaturated/α-hetero) is 1. The fraction of sp³-hybridized carbons (Fsp3) is 0.0833. The lowest BCUT2D eigenvalue weighted by Gasteiger charge is -2.16. The summed E-state index contributed by atoms with van der Waals surface area (Å²) in [6.45, 7) is 1.50. The Bertz CT molecular complexity index is 1190. The van der Waals surface area contributed by atoms with Crippen LogP contribution < -0.4 is 5.32 Å². The van der Waals surface area contributed by atoms with E-state index in [0.29, 0.717) is 16.4 Å². The van der Waals surface area contributed by atoms with Crippen molar-refractivity contribution in [2.24, 2.45) is 0 Å². The average Bonchev–Trinajstić information content (AvgIpc) is 3.27. The number of hydrogen-bond acceptors (Lipinski definition) is 5. The van der Waals surface area contributed by atoms with E-state index in [1.54, 1.807) is 35.3 Å². The first kappa shape index (κ1) is 20.6. The molecule has 0 spiro atoms. The van der Waals surface area contributed by atoms with Gasteiger partial charge in [0.1, 0.15) is 11.6 Å². The molecule has 1 aromatic heterocycles. The molecule has 31 heavy (non-hydrogen) atoms. The highest BCUT2D eigenvalue weighted by Crippen LogP contribution is 2.34. The Kier molecular flexibility index (Phi) is 6.24. The highest BCUT2D eigenvalue weighted by atomic mass is 32.2. The third-order valence-corrected chi connectivity index (χ3v) is 5.71. The summed E-state index contributed by atoms with van der Waals surface area (Å²) in [6.07, 6.45) is 1.63. The van der Waals surface area contributed by atoms with Gasteiger partial charge in [0.25, 0.3) is 0 Å². The van der Waals surface area contributed by atoms with Crippen LogP contribution in [0.15, 0.2) is 96.4 Å². The van der Waals surface area contributed by atoms with Gasteiger partial charge >= 0.3 is 0 Å². The van der Waals surface area contributed by atoms with Crippen molar-refractivity contribution in [3.05, 3.63) is 102 Å². The lowest BCUT2D eigenvalue weighted by atomic mass is 10.1. The Morgan fingerprint density at radius 1 is 0.935 bits per heavy atom. The van der Waals surface area contributed by atoms with Crippen LogP contribution in [0.3, 0.4) is 0 Å². The van der Waals surface area contributed by atoms with Gasteiger partial charge < -0.3 is 5.32 Å². The predicted octanol–water partition coefficient (Wildman–Crippen LogP) is 4.94. The van der Waals surface area contributed by atoms with Crippen LogP contribution in [0.5, 0.6) is 0 Å². The summed E-state index contributed by atoms with van der Waals surface area (Å²) in [6, 6.07) is 26.1. The number of hydrogen-bond donors (Lipinski definition) is 1. The third-order valence-electron chi connectivity index (χ3n) is 4.59.